The van der Waals surface area contributed by atoms with Gasteiger partial charge in [0.2, 0.25) is 0 Å². The average Bonchev–Trinajstić information content (AvgIpc) is 2.80. The van der Waals surface area contributed by atoms with Crippen molar-refractivity contribution in [3.63, 3.8) is 0 Å². The molecule has 0 spiro atoms. The Morgan fingerprint density at radius 3 is 2.10 bits per heavy atom. The molecule has 0 N–H and O–H groups in total. The number of hydrogen-bond donors (Lipinski definition) is 0. The maximum absolute atomic E-state index is 13.0. The van der Waals surface area contributed by atoms with Gasteiger partial charge in [0.1, 0.15) is 12.2 Å². The molecule has 1 heterocycles. The van der Waals surface area contributed by atoms with Gasteiger partial charge in [-0.25, -0.2) is 0 Å². The van der Waals surface area contributed by atoms with Crippen molar-refractivity contribution in [3.05, 3.63) is 106 Å². The maximum atomic E-state index is 13.0. The molecule has 31 heavy (non-hydrogen) atoms. The molecule has 0 saturated carbocycles. The minimum atomic E-state index is -0.650. The number of hydrogen-bond acceptors (Lipinski definition) is 4. The molecule has 0 unspecified atom stereocenters. The van der Waals surface area contributed by atoms with Crippen molar-refractivity contribution in [2.24, 2.45) is 0 Å². The van der Waals surface area contributed by atoms with Crippen molar-refractivity contribution < 1.29 is 19.0 Å². The fraction of sp³-hybridized carbons (Fsp3) is 0.269. The van der Waals surface area contributed by atoms with Gasteiger partial charge in [-0.05, 0) is 28.8 Å². The van der Waals surface area contributed by atoms with E-state index in [2.05, 4.69) is 15.9 Å². The molecule has 1 aliphatic rings. The molecular weight excluding hydrogens is 456 g/mol. The Balaban J connectivity index is 1.45. The van der Waals surface area contributed by atoms with Crippen LogP contribution in [0.4, 0.5) is 0 Å². The Kier molecular flexibility index (Phi) is 7.65. The highest BCUT2D eigenvalue weighted by molar-refractivity contribution is 9.10. The van der Waals surface area contributed by atoms with Crippen LogP contribution >= 0.6 is 15.9 Å². The molecule has 4 nitrogen and oxygen atoms in total. The van der Waals surface area contributed by atoms with Crippen LogP contribution in [-0.4, -0.2) is 24.6 Å². The number of ether oxygens (including phenoxy) is 3. The van der Waals surface area contributed by atoms with Gasteiger partial charge >= 0.3 is 0 Å². The summed E-state index contributed by atoms with van der Waals surface area (Å²) in [5.41, 5.74) is 3.08. The molecule has 3 atom stereocenters. The monoisotopic (exact) mass is 480 g/mol. The second-order valence-corrected chi connectivity index (χ2v) is 8.52. The first kappa shape index (κ1) is 21.9. The molecule has 1 saturated heterocycles. The Morgan fingerprint density at radius 1 is 0.839 bits per heavy atom. The summed E-state index contributed by atoms with van der Waals surface area (Å²) >= 11 is 3.45. The van der Waals surface area contributed by atoms with Crippen molar-refractivity contribution in [2.75, 3.05) is 6.61 Å². The zero-order valence-corrected chi connectivity index (χ0v) is 18.7. The summed E-state index contributed by atoms with van der Waals surface area (Å²) < 4.78 is 19.3. The van der Waals surface area contributed by atoms with E-state index in [4.69, 9.17) is 14.2 Å². The van der Waals surface area contributed by atoms with Crippen LogP contribution in [0.25, 0.3) is 0 Å². The van der Waals surface area contributed by atoms with Gasteiger partial charge < -0.3 is 14.2 Å². The summed E-state index contributed by atoms with van der Waals surface area (Å²) in [6, 6.07) is 27.7. The highest BCUT2D eigenvalue weighted by Gasteiger charge is 2.39. The highest BCUT2D eigenvalue weighted by Crippen LogP contribution is 2.32. The second-order valence-electron chi connectivity index (χ2n) is 7.60. The van der Waals surface area contributed by atoms with Crippen LogP contribution in [0.15, 0.2) is 89.4 Å². The molecule has 3 aromatic rings. The zero-order valence-electron chi connectivity index (χ0n) is 17.2. The van der Waals surface area contributed by atoms with Gasteiger partial charge in [-0.3, -0.25) is 4.79 Å². The molecular formula is C26H25BrO4. The topological polar surface area (TPSA) is 44.8 Å². The fourth-order valence-corrected chi connectivity index (χ4v) is 3.93. The first-order valence-corrected chi connectivity index (χ1v) is 11.2. The lowest BCUT2D eigenvalue weighted by Crippen LogP contribution is -2.46. The van der Waals surface area contributed by atoms with E-state index >= 15 is 0 Å². The van der Waals surface area contributed by atoms with Crippen LogP contribution in [0.1, 0.15) is 29.2 Å². The lowest BCUT2D eigenvalue weighted by Gasteiger charge is -2.35. The second kappa shape index (κ2) is 10.8. The molecule has 4 rings (SSSR count). The molecule has 1 aliphatic heterocycles. The summed E-state index contributed by atoms with van der Waals surface area (Å²) in [7, 11) is 0. The molecule has 1 fully saturated rings. The molecule has 0 aromatic heterocycles. The van der Waals surface area contributed by atoms with Gasteiger partial charge in [-0.2, -0.15) is 0 Å². The minimum absolute atomic E-state index is 0.0448. The lowest BCUT2D eigenvalue weighted by molar-refractivity contribution is -0.179. The van der Waals surface area contributed by atoms with Gasteiger partial charge in [0, 0.05) is 10.9 Å². The van der Waals surface area contributed by atoms with Gasteiger partial charge in [0.25, 0.3) is 0 Å². The minimum Gasteiger partial charge on any atom is -0.374 e. The van der Waals surface area contributed by atoms with Crippen LogP contribution in [0.3, 0.4) is 0 Å². The SMILES string of the molecule is O=C1C[C@H](c2ccc(Br)cc2)O[C@H](COCc2ccccc2)[C@H]1OCc1ccccc1. The standard InChI is InChI=1S/C26H25BrO4/c27-22-13-11-21(12-14-22)24-15-23(28)26(30-17-20-9-5-2-6-10-20)25(31-24)18-29-16-19-7-3-1-4-8-19/h1-14,24-26H,15-18H2/t24-,25-,26+/m1/s1. The van der Waals surface area contributed by atoms with E-state index < -0.39 is 12.2 Å². The third-order valence-electron chi connectivity index (χ3n) is 5.29. The number of benzene rings is 3. The summed E-state index contributed by atoms with van der Waals surface area (Å²) in [5, 5.41) is 0. The number of carbonyl (C=O) groups excluding carboxylic acids is 1. The summed E-state index contributed by atoms with van der Waals surface area (Å²) in [6.45, 7) is 1.11. The smallest absolute Gasteiger partial charge is 0.167 e. The molecule has 5 heteroatoms. The average molecular weight is 481 g/mol. The van der Waals surface area contributed by atoms with E-state index in [1.165, 1.54) is 0 Å². The van der Waals surface area contributed by atoms with Gasteiger partial charge in [-0.1, -0.05) is 88.7 Å². The molecule has 0 aliphatic carbocycles. The van der Waals surface area contributed by atoms with E-state index in [0.29, 0.717) is 13.2 Å². The van der Waals surface area contributed by atoms with Crippen LogP contribution in [0.2, 0.25) is 0 Å². The molecule has 0 bridgehead atoms. The summed E-state index contributed by atoms with van der Waals surface area (Å²) in [6.07, 6.45) is -1.14. The first-order valence-electron chi connectivity index (χ1n) is 10.4. The maximum Gasteiger partial charge on any atom is 0.167 e. The third kappa shape index (κ3) is 6.11. The number of halogens is 1. The highest BCUT2D eigenvalue weighted by atomic mass is 79.9. The van der Waals surface area contributed by atoms with E-state index in [1.807, 2.05) is 84.9 Å². The Labute approximate surface area is 191 Å². The normalized spacial score (nSPS) is 21.2. The number of rotatable bonds is 8. The van der Waals surface area contributed by atoms with Gasteiger partial charge in [0.15, 0.2) is 5.78 Å². The van der Waals surface area contributed by atoms with Crippen LogP contribution < -0.4 is 0 Å². The predicted octanol–water partition coefficient (Wildman–Crippen LogP) is 5.65. The van der Waals surface area contributed by atoms with Gasteiger partial charge in [0.05, 0.1) is 25.9 Å². The van der Waals surface area contributed by atoms with E-state index in [1.54, 1.807) is 0 Å². The fourth-order valence-electron chi connectivity index (χ4n) is 3.66. The number of Topliss-reactive ketones (excluding diaryl/α,β-unsaturated/α-hetero) is 1. The summed E-state index contributed by atoms with van der Waals surface area (Å²) in [4.78, 5) is 13.0. The Bertz CT molecular complexity index is 960. The number of carbonyl (C=O) groups is 1. The van der Waals surface area contributed by atoms with E-state index in [9.17, 15) is 4.79 Å². The van der Waals surface area contributed by atoms with Crippen molar-refractivity contribution in [1.29, 1.82) is 0 Å². The zero-order chi connectivity index (χ0) is 21.5. The molecule has 3 aromatic carbocycles. The van der Waals surface area contributed by atoms with Crippen LogP contribution in [-0.2, 0) is 32.2 Å². The van der Waals surface area contributed by atoms with Crippen LogP contribution in [0.5, 0.6) is 0 Å². The van der Waals surface area contributed by atoms with Crippen LogP contribution in [0, 0.1) is 0 Å². The van der Waals surface area contributed by atoms with E-state index in [-0.39, 0.29) is 24.9 Å². The van der Waals surface area contributed by atoms with E-state index in [0.717, 1.165) is 21.2 Å². The lowest BCUT2D eigenvalue weighted by atomic mass is 9.95. The predicted molar refractivity (Wildman–Crippen MR) is 122 cm³/mol. The largest absolute Gasteiger partial charge is 0.374 e. The van der Waals surface area contributed by atoms with Crippen molar-refractivity contribution in [1.82, 2.24) is 0 Å². The van der Waals surface area contributed by atoms with Crippen molar-refractivity contribution in [2.45, 2.75) is 37.9 Å². The van der Waals surface area contributed by atoms with Crippen molar-refractivity contribution >= 4 is 21.7 Å². The van der Waals surface area contributed by atoms with Crippen molar-refractivity contribution in [3.8, 4) is 0 Å². The number of ketones is 1. The molecule has 0 radical (unpaired) electrons. The Hall–Kier alpha value is -2.31. The Morgan fingerprint density at radius 2 is 1.45 bits per heavy atom. The van der Waals surface area contributed by atoms with Gasteiger partial charge in [-0.15, -0.1) is 0 Å². The quantitative estimate of drug-likeness (QED) is 0.417. The molecule has 0 amide bonds. The molecule has 160 valence electrons. The first-order chi connectivity index (χ1) is 15.2. The summed E-state index contributed by atoms with van der Waals surface area (Å²) in [5.74, 6) is 0.0448. The third-order valence-corrected chi connectivity index (χ3v) is 5.82.